The fourth-order valence-corrected chi connectivity index (χ4v) is 2.19. The molecule has 5 nitrogen and oxygen atoms in total. The Morgan fingerprint density at radius 2 is 2.04 bits per heavy atom. The van der Waals surface area contributed by atoms with Crippen LogP contribution in [0.15, 0.2) is 24.3 Å². The number of nitrogens with zero attached hydrogens (tertiary/aromatic N) is 1. The standard InChI is InChI=1S/C18H30N2O3/c1-7-20(17(21)23-18(3,4)5)12-15-9-8-10-16(11-15)19-14(2)13-22-6/h8-11,14,19H,7,12-13H2,1-6H3. The molecule has 0 aliphatic heterocycles. The molecule has 0 heterocycles. The summed E-state index contributed by atoms with van der Waals surface area (Å²) in [6.45, 7) is 11.4. The highest BCUT2D eigenvalue weighted by Crippen LogP contribution is 2.16. The van der Waals surface area contributed by atoms with Crippen molar-refractivity contribution in [2.45, 2.75) is 52.8 Å². The van der Waals surface area contributed by atoms with E-state index in [1.165, 1.54) is 0 Å². The largest absolute Gasteiger partial charge is 0.444 e. The molecular weight excluding hydrogens is 292 g/mol. The van der Waals surface area contributed by atoms with Gasteiger partial charge in [0.1, 0.15) is 5.60 Å². The van der Waals surface area contributed by atoms with Crippen molar-refractivity contribution in [1.82, 2.24) is 4.90 Å². The smallest absolute Gasteiger partial charge is 0.410 e. The number of carbonyl (C=O) groups excluding carboxylic acids is 1. The lowest BCUT2D eigenvalue weighted by Crippen LogP contribution is -2.36. The van der Waals surface area contributed by atoms with Gasteiger partial charge >= 0.3 is 6.09 Å². The molecule has 0 aliphatic carbocycles. The minimum atomic E-state index is -0.483. The monoisotopic (exact) mass is 322 g/mol. The Hall–Kier alpha value is -1.75. The van der Waals surface area contributed by atoms with Crippen molar-refractivity contribution < 1.29 is 14.3 Å². The zero-order valence-corrected chi connectivity index (χ0v) is 15.2. The van der Waals surface area contributed by atoms with E-state index < -0.39 is 5.60 Å². The number of anilines is 1. The Labute approximate surface area is 140 Å². The first-order chi connectivity index (χ1) is 10.7. The Kier molecular flexibility index (Phi) is 7.36. The zero-order valence-electron chi connectivity index (χ0n) is 15.2. The van der Waals surface area contributed by atoms with Crippen molar-refractivity contribution in [3.05, 3.63) is 29.8 Å². The first-order valence-corrected chi connectivity index (χ1v) is 8.07. The number of carbonyl (C=O) groups is 1. The van der Waals surface area contributed by atoms with E-state index in [0.29, 0.717) is 19.7 Å². The van der Waals surface area contributed by atoms with Crippen molar-refractivity contribution in [2.75, 3.05) is 25.6 Å². The number of hydrogen-bond acceptors (Lipinski definition) is 4. The second-order valence-corrected chi connectivity index (χ2v) is 6.70. The van der Waals surface area contributed by atoms with Crippen LogP contribution < -0.4 is 5.32 Å². The topological polar surface area (TPSA) is 50.8 Å². The summed E-state index contributed by atoms with van der Waals surface area (Å²) in [7, 11) is 1.69. The number of ether oxygens (including phenoxy) is 2. The van der Waals surface area contributed by atoms with Gasteiger partial charge in [-0.2, -0.15) is 0 Å². The highest BCUT2D eigenvalue weighted by molar-refractivity contribution is 5.68. The summed E-state index contributed by atoms with van der Waals surface area (Å²) in [4.78, 5) is 13.9. The average molecular weight is 322 g/mol. The second kappa shape index (κ2) is 8.77. The maximum absolute atomic E-state index is 12.2. The van der Waals surface area contributed by atoms with E-state index in [2.05, 4.69) is 18.3 Å². The molecule has 23 heavy (non-hydrogen) atoms. The fraction of sp³-hybridized carbons (Fsp3) is 0.611. The fourth-order valence-electron chi connectivity index (χ4n) is 2.19. The lowest BCUT2D eigenvalue weighted by molar-refractivity contribution is 0.0244. The summed E-state index contributed by atoms with van der Waals surface area (Å²) in [5.41, 5.74) is 1.60. The van der Waals surface area contributed by atoms with Gasteiger partial charge in [-0.3, -0.25) is 0 Å². The average Bonchev–Trinajstić information content (AvgIpc) is 2.43. The summed E-state index contributed by atoms with van der Waals surface area (Å²) >= 11 is 0. The van der Waals surface area contributed by atoms with E-state index >= 15 is 0 Å². The maximum atomic E-state index is 12.2. The number of rotatable bonds is 7. The Balaban J connectivity index is 2.72. The molecule has 1 aromatic rings. The first-order valence-electron chi connectivity index (χ1n) is 8.07. The normalized spacial score (nSPS) is 12.6. The zero-order chi connectivity index (χ0) is 17.5. The van der Waals surface area contributed by atoms with Gasteiger partial charge < -0.3 is 19.7 Å². The Morgan fingerprint density at radius 3 is 2.61 bits per heavy atom. The number of hydrogen-bond donors (Lipinski definition) is 1. The molecular formula is C18H30N2O3. The first kappa shape index (κ1) is 19.3. The summed E-state index contributed by atoms with van der Waals surface area (Å²) in [6, 6.07) is 8.29. The molecule has 0 saturated heterocycles. The van der Waals surface area contributed by atoms with E-state index in [0.717, 1.165) is 11.3 Å². The molecule has 0 aliphatic rings. The molecule has 5 heteroatoms. The van der Waals surface area contributed by atoms with Gasteiger partial charge in [0.15, 0.2) is 0 Å². The van der Waals surface area contributed by atoms with Crippen LogP contribution in [0.25, 0.3) is 0 Å². The van der Waals surface area contributed by atoms with Gasteiger partial charge in [0, 0.05) is 31.9 Å². The van der Waals surface area contributed by atoms with E-state index in [1.54, 1.807) is 12.0 Å². The molecule has 1 amide bonds. The van der Waals surface area contributed by atoms with Crippen molar-refractivity contribution in [1.29, 1.82) is 0 Å². The van der Waals surface area contributed by atoms with E-state index in [1.807, 2.05) is 45.9 Å². The van der Waals surface area contributed by atoms with Crippen LogP contribution in [0, 0.1) is 0 Å². The Morgan fingerprint density at radius 1 is 1.35 bits per heavy atom. The van der Waals surface area contributed by atoms with Gasteiger partial charge in [-0.1, -0.05) is 12.1 Å². The van der Waals surface area contributed by atoms with Gasteiger partial charge in [-0.25, -0.2) is 4.79 Å². The lowest BCUT2D eigenvalue weighted by atomic mass is 10.1. The minimum Gasteiger partial charge on any atom is -0.444 e. The molecule has 130 valence electrons. The van der Waals surface area contributed by atoms with Gasteiger partial charge in [0.2, 0.25) is 0 Å². The molecule has 1 N–H and O–H groups in total. The van der Waals surface area contributed by atoms with Crippen LogP contribution in [-0.2, 0) is 16.0 Å². The van der Waals surface area contributed by atoms with Crippen LogP contribution in [0.5, 0.6) is 0 Å². The summed E-state index contributed by atoms with van der Waals surface area (Å²) in [6.07, 6.45) is -0.286. The predicted octanol–water partition coefficient (Wildman–Crippen LogP) is 3.89. The molecule has 0 fully saturated rings. The van der Waals surface area contributed by atoms with Crippen molar-refractivity contribution in [3.63, 3.8) is 0 Å². The molecule has 0 spiro atoms. The van der Waals surface area contributed by atoms with Crippen LogP contribution in [-0.4, -0.2) is 42.9 Å². The minimum absolute atomic E-state index is 0.225. The van der Waals surface area contributed by atoms with Crippen LogP contribution >= 0.6 is 0 Å². The van der Waals surface area contributed by atoms with Crippen molar-refractivity contribution in [3.8, 4) is 0 Å². The molecule has 1 unspecified atom stereocenters. The van der Waals surface area contributed by atoms with E-state index in [4.69, 9.17) is 9.47 Å². The number of amides is 1. The van der Waals surface area contributed by atoms with Gasteiger partial charge in [-0.15, -0.1) is 0 Å². The molecule has 0 saturated carbocycles. The van der Waals surface area contributed by atoms with Crippen molar-refractivity contribution in [2.24, 2.45) is 0 Å². The number of nitrogens with one attached hydrogen (secondary N) is 1. The molecule has 0 bridgehead atoms. The van der Waals surface area contributed by atoms with Gasteiger partial charge in [0.25, 0.3) is 0 Å². The van der Waals surface area contributed by atoms with Crippen LogP contribution in [0.3, 0.4) is 0 Å². The van der Waals surface area contributed by atoms with Gasteiger partial charge in [0.05, 0.1) is 6.61 Å². The molecule has 1 rings (SSSR count). The highest BCUT2D eigenvalue weighted by atomic mass is 16.6. The molecule has 1 atom stereocenters. The third kappa shape index (κ3) is 7.37. The predicted molar refractivity (Wildman–Crippen MR) is 93.7 cm³/mol. The van der Waals surface area contributed by atoms with Crippen LogP contribution in [0.1, 0.15) is 40.2 Å². The quantitative estimate of drug-likeness (QED) is 0.827. The number of benzene rings is 1. The van der Waals surface area contributed by atoms with Gasteiger partial charge in [-0.05, 0) is 52.3 Å². The Bertz CT molecular complexity index is 497. The summed E-state index contributed by atoms with van der Waals surface area (Å²) < 4.78 is 10.6. The van der Waals surface area contributed by atoms with E-state index in [9.17, 15) is 4.79 Å². The summed E-state index contributed by atoms with van der Waals surface area (Å²) in [5.74, 6) is 0. The second-order valence-electron chi connectivity index (χ2n) is 6.70. The third-order valence-corrected chi connectivity index (χ3v) is 3.16. The number of methoxy groups -OCH3 is 1. The molecule has 1 aromatic carbocycles. The SMILES string of the molecule is CCN(Cc1cccc(NC(C)COC)c1)C(=O)OC(C)(C)C. The van der Waals surface area contributed by atoms with Crippen LogP contribution in [0.2, 0.25) is 0 Å². The summed E-state index contributed by atoms with van der Waals surface area (Å²) in [5, 5.41) is 3.38. The maximum Gasteiger partial charge on any atom is 0.410 e. The molecule has 0 aromatic heterocycles. The van der Waals surface area contributed by atoms with Crippen molar-refractivity contribution >= 4 is 11.8 Å². The van der Waals surface area contributed by atoms with E-state index in [-0.39, 0.29) is 12.1 Å². The lowest BCUT2D eigenvalue weighted by Gasteiger charge is -2.26. The third-order valence-electron chi connectivity index (χ3n) is 3.16. The molecule has 0 radical (unpaired) electrons. The van der Waals surface area contributed by atoms with Crippen LogP contribution in [0.4, 0.5) is 10.5 Å². The highest BCUT2D eigenvalue weighted by Gasteiger charge is 2.21.